The largest absolute Gasteiger partial charge is 0.378 e. The van der Waals surface area contributed by atoms with E-state index < -0.39 is 10.0 Å². The van der Waals surface area contributed by atoms with Gasteiger partial charge in [-0.15, -0.1) is 0 Å². The Hall–Kier alpha value is -3.07. The number of nitrogens with one attached hydrogen (secondary N) is 2. The van der Waals surface area contributed by atoms with Gasteiger partial charge in [0.15, 0.2) is 0 Å². The Morgan fingerprint density at radius 3 is 2.33 bits per heavy atom. The van der Waals surface area contributed by atoms with Crippen molar-refractivity contribution >= 4 is 38.9 Å². The normalized spacial score (nSPS) is 14.0. The monoisotopic (exact) mass is 485 g/mol. The zero-order valence-electron chi connectivity index (χ0n) is 17.8. The number of morpholine rings is 1. The second-order valence-electron chi connectivity index (χ2n) is 7.56. The summed E-state index contributed by atoms with van der Waals surface area (Å²) in [6, 6.07) is 20.5. The number of benzene rings is 3. The second kappa shape index (κ2) is 10.2. The molecule has 1 heterocycles. The molecule has 9 heteroatoms. The van der Waals surface area contributed by atoms with Crippen molar-refractivity contribution in [1.29, 1.82) is 0 Å². The van der Waals surface area contributed by atoms with Crippen molar-refractivity contribution < 1.29 is 17.9 Å². The lowest BCUT2D eigenvalue weighted by molar-refractivity contribution is 0.0951. The van der Waals surface area contributed by atoms with Crippen LogP contribution in [0.4, 0.5) is 11.4 Å². The molecule has 1 aliphatic heterocycles. The van der Waals surface area contributed by atoms with Crippen LogP contribution in [0.5, 0.6) is 0 Å². The number of anilines is 2. The van der Waals surface area contributed by atoms with Gasteiger partial charge in [0.05, 0.1) is 34.4 Å². The first-order valence-electron chi connectivity index (χ1n) is 10.5. The first-order valence-corrected chi connectivity index (χ1v) is 12.4. The molecule has 1 fully saturated rings. The fourth-order valence-electron chi connectivity index (χ4n) is 3.50. The number of carbonyl (C=O) groups excluding carboxylic acids is 1. The Morgan fingerprint density at radius 2 is 1.67 bits per heavy atom. The van der Waals surface area contributed by atoms with Crippen LogP contribution in [0.15, 0.2) is 77.7 Å². The van der Waals surface area contributed by atoms with E-state index in [-0.39, 0.29) is 27.1 Å². The average Bonchev–Trinajstić information content (AvgIpc) is 2.84. The molecule has 0 atom stereocenters. The molecule has 1 saturated heterocycles. The van der Waals surface area contributed by atoms with E-state index in [1.165, 1.54) is 30.3 Å². The van der Waals surface area contributed by atoms with Crippen LogP contribution in [0.1, 0.15) is 15.9 Å². The Kier molecular flexibility index (Phi) is 7.17. The minimum Gasteiger partial charge on any atom is -0.378 e. The van der Waals surface area contributed by atoms with Gasteiger partial charge >= 0.3 is 0 Å². The molecular formula is C24H24ClN3O4S. The van der Waals surface area contributed by atoms with Crippen LogP contribution < -0.4 is 14.9 Å². The molecule has 4 rings (SSSR count). The van der Waals surface area contributed by atoms with Gasteiger partial charge in [0.25, 0.3) is 15.9 Å². The summed E-state index contributed by atoms with van der Waals surface area (Å²) in [7, 11) is -3.74. The molecule has 1 aliphatic rings. The quantitative estimate of drug-likeness (QED) is 0.530. The standard InChI is InChI=1S/C24H24ClN3O4S/c25-23-16-19(27-33(30,31)21-4-2-1-3-5-21)8-11-22(23)24(29)26-17-18-6-9-20(10-7-18)28-12-14-32-15-13-28/h1-11,16,27H,12-15,17H2,(H,26,29). The maximum Gasteiger partial charge on any atom is 0.261 e. The van der Waals surface area contributed by atoms with Crippen LogP contribution in [0.3, 0.4) is 0 Å². The van der Waals surface area contributed by atoms with E-state index in [0.29, 0.717) is 6.54 Å². The Labute approximate surface area is 198 Å². The Balaban J connectivity index is 1.36. The first kappa shape index (κ1) is 23.1. The zero-order valence-corrected chi connectivity index (χ0v) is 19.4. The van der Waals surface area contributed by atoms with Crippen molar-refractivity contribution in [2.24, 2.45) is 0 Å². The van der Waals surface area contributed by atoms with E-state index in [0.717, 1.165) is 37.6 Å². The molecule has 0 radical (unpaired) electrons. The van der Waals surface area contributed by atoms with Crippen LogP contribution in [-0.4, -0.2) is 40.6 Å². The Morgan fingerprint density at radius 1 is 0.970 bits per heavy atom. The molecule has 3 aromatic rings. The highest BCUT2D eigenvalue weighted by molar-refractivity contribution is 7.92. The molecule has 0 bridgehead atoms. The molecule has 0 aromatic heterocycles. The van der Waals surface area contributed by atoms with Gasteiger partial charge < -0.3 is 15.0 Å². The average molecular weight is 486 g/mol. The third-order valence-electron chi connectivity index (χ3n) is 5.29. The Bertz CT molecular complexity index is 1210. The van der Waals surface area contributed by atoms with Crippen LogP contribution in [0.25, 0.3) is 0 Å². The van der Waals surface area contributed by atoms with E-state index in [2.05, 4.69) is 14.9 Å². The molecule has 0 unspecified atom stereocenters. The lowest BCUT2D eigenvalue weighted by Gasteiger charge is -2.28. The lowest BCUT2D eigenvalue weighted by atomic mass is 10.1. The molecule has 0 spiro atoms. The van der Waals surface area contributed by atoms with Gasteiger partial charge in [0.1, 0.15) is 0 Å². The van der Waals surface area contributed by atoms with Gasteiger partial charge in [-0.05, 0) is 48.0 Å². The van der Waals surface area contributed by atoms with Gasteiger partial charge in [-0.1, -0.05) is 41.9 Å². The van der Waals surface area contributed by atoms with Crippen molar-refractivity contribution in [2.45, 2.75) is 11.4 Å². The number of amides is 1. The summed E-state index contributed by atoms with van der Waals surface area (Å²) >= 11 is 6.28. The number of rotatable bonds is 7. The van der Waals surface area contributed by atoms with E-state index in [1.54, 1.807) is 18.2 Å². The van der Waals surface area contributed by atoms with Gasteiger partial charge in [-0.2, -0.15) is 0 Å². The second-order valence-corrected chi connectivity index (χ2v) is 9.65. The number of hydrogen-bond donors (Lipinski definition) is 2. The molecule has 7 nitrogen and oxygen atoms in total. The number of hydrogen-bond acceptors (Lipinski definition) is 5. The number of halogens is 1. The van der Waals surface area contributed by atoms with E-state index in [9.17, 15) is 13.2 Å². The lowest BCUT2D eigenvalue weighted by Crippen LogP contribution is -2.36. The number of sulfonamides is 1. The third kappa shape index (κ3) is 5.84. The predicted octanol–water partition coefficient (Wildman–Crippen LogP) is 3.91. The van der Waals surface area contributed by atoms with Crippen molar-refractivity contribution in [3.8, 4) is 0 Å². The third-order valence-corrected chi connectivity index (χ3v) is 6.99. The summed E-state index contributed by atoms with van der Waals surface area (Å²) < 4.78 is 32.8. The molecule has 33 heavy (non-hydrogen) atoms. The summed E-state index contributed by atoms with van der Waals surface area (Å²) in [6.07, 6.45) is 0. The summed E-state index contributed by atoms with van der Waals surface area (Å²) in [5, 5.41) is 3.01. The maximum atomic E-state index is 12.6. The zero-order chi connectivity index (χ0) is 23.3. The first-order chi connectivity index (χ1) is 15.9. The van der Waals surface area contributed by atoms with Crippen LogP contribution >= 0.6 is 11.6 Å². The highest BCUT2D eigenvalue weighted by atomic mass is 35.5. The smallest absolute Gasteiger partial charge is 0.261 e. The van der Waals surface area contributed by atoms with Crippen molar-refractivity contribution in [1.82, 2.24) is 5.32 Å². The van der Waals surface area contributed by atoms with Gasteiger partial charge in [0.2, 0.25) is 0 Å². The fourth-order valence-corrected chi connectivity index (χ4v) is 4.84. The summed E-state index contributed by atoms with van der Waals surface area (Å²) in [5.74, 6) is -0.338. The number of carbonyl (C=O) groups is 1. The minimum absolute atomic E-state index is 0.141. The number of ether oxygens (including phenoxy) is 1. The molecule has 172 valence electrons. The van der Waals surface area contributed by atoms with E-state index >= 15 is 0 Å². The number of nitrogens with zero attached hydrogens (tertiary/aromatic N) is 1. The van der Waals surface area contributed by atoms with Gasteiger partial charge in [-0.25, -0.2) is 8.42 Å². The maximum absolute atomic E-state index is 12.6. The van der Waals surface area contributed by atoms with Gasteiger partial charge in [-0.3, -0.25) is 9.52 Å². The van der Waals surface area contributed by atoms with Crippen molar-refractivity contribution in [2.75, 3.05) is 35.9 Å². The molecule has 3 aromatic carbocycles. The van der Waals surface area contributed by atoms with Crippen LogP contribution in [0, 0.1) is 0 Å². The SMILES string of the molecule is O=C(NCc1ccc(N2CCOCC2)cc1)c1ccc(NS(=O)(=O)c2ccccc2)cc1Cl. The fraction of sp³-hybridized carbons (Fsp3) is 0.208. The van der Waals surface area contributed by atoms with Crippen molar-refractivity contribution in [3.63, 3.8) is 0 Å². The summed E-state index contributed by atoms with van der Waals surface area (Å²) in [4.78, 5) is 15.0. The highest BCUT2D eigenvalue weighted by Crippen LogP contribution is 2.24. The van der Waals surface area contributed by atoms with Crippen LogP contribution in [0.2, 0.25) is 5.02 Å². The molecule has 2 N–H and O–H groups in total. The molecule has 0 saturated carbocycles. The van der Waals surface area contributed by atoms with E-state index in [4.69, 9.17) is 16.3 Å². The summed E-state index contributed by atoms with van der Waals surface area (Å²) in [6.45, 7) is 3.54. The molecule has 1 amide bonds. The van der Waals surface area contributed by atoms with Crippen molar-refractivity contribution in [3.05, 3.63) is 88.9 Å². The summed E-state index contributed by atoms with van der Waals surface area (Å²) in [5.41, 5.74) is 2.64. The van der Waals surface area contributed by atoms with Crippen LogP contribution in [-0.2, 0) is 21.3 Å². The van der Waals surface area contributed by atoms with E-state index in [1.807, 2.05) is 24.3 Å². The molecule has 0 aliphatic carbocycles. The van der Waals surface area contributed by atoms with Gasteiger partial charge in [0, 0.05) is 25.3 Å². The predicted molar refractivity (Wildman–Crippen MR) is 129 cm³/mol. The minimum atomic E-state index is -3.74. The topological polar surface area (TPSA) is 87.7 Å². The molecular weight excluding hydrogens is 462 g/mol. The highest BCUT2D eigenvalue weighted by Gasteiger charge is 2.16.